The summed E-state index contributed by atoms with van der Waals surface area (Å²) in [6.45, 7) is 0.710. The summed E-state index contributed by atoms with van der Waals surface area (Å²) >= 11 is 0. The first-order chi connectivity index (χ1) is 12.4. The van der Waals surface area contributed by atoms with Gasteiger partial charge in [0.05, 0.1) is 13.7 Å². The normalized spacial score (nSPS) is 18.1. The van der Waals surface area contributed by atoms with Crippen molar-refractivity contribution >= 4 is 29.9 Å². The summed E-state index contributed by atoms with van der Waals surface area (Å²) in [5.41, 5.74) is 1.20. The molecule has 0 aliphatic carbocycles. The van der Waals surface area contributed by atoms with E-state index in [1.807, 2.05) is 18.2 Å². The molecule has 2 rings (SSSR count). The number of hydrogen-bond donors (Lipinski definition) is 2. The van der Waals surface area contributed by atoms with Crippen LogP contribution in [-0.4, -0.2) is 63.4 Å². The standard InChI is InChI=1S/C18H27F3N4O.HI/c1-22-17(24-15-8-10-25(12-15)13-18(19,20)21)23-9-4-6-14-5-3-7-16(11-14)26-2;/h3,5,7,11,15H,4,6,8-10,12-13H2,1-2H3,(H2,22,23,24);1H. The number of alkyl halides is 3. The number of guanidine groups is 1. The number of benzene rings is 1. The van der Waals surface area contributed by atoms with Crippen molar-refractivity contribution in [1.29, 1.82) is 0 Å². The lowest BCUT2D eigenvalue weighted by atomic mass is 10.1. The van der Waals surface area contributed by atoms with E-state index in [2.05, 4.69) is 21.7 Å². The Morgan fingerprint density at radius 3 is 2.81 bits per heavy atom. The van der Waals surface area contributed by atoms with Crippen LogP contribution in [0.15, 0.2) is 29.3 Å². The van der Waals surface area contributed by atoms with Crippen molar-refractivity contribution in [3.63, 3.8) is 0 Å². The zero-order valence-corrected chi connectivity index (χ0v) is 18.0. The van der Waals surface area contributed by atoms with E-state index in [0.717, 1.165) is 25.1 Å². The van der Waals surface area contributed by atoms with E-state index in [1.165, 1.54) is 10.5 Å². The summed E-state index contributed by atoms with van der Waals surface area (Å²) in [4.78, 5) is 5.58. The molecule has 0 amide bonds. The molecule has 2 N–H and O–H groups in total. The van der Waals surface area contributed by atoms with Crippen LogP contribution in [0, 0.1) is 0 Å². The lowest BCUT2D eigenvalue weighted by Gasteiger charge is -2.19. The number of aryl methyl sites for hydroxylation is 1. The number of methoxy groups -OCH3 is 1. The zero-order chi connectivity index (χ0) is 19.0. The van der Waals surface area contributed by atoms with Gasteiger partial charge in [-0.3, -0.25) is 9.89 Å². The largest absolute Gasteiger partial charge is 0.497 e. The predicted molar refractivity (Wildman–Crippen MR) is 112 cm³/mol. The van der Waals surface area contributed by atoms with E-state index < -0.39 is 12.7 Å². The lowest BCUT2D eigenvalue weighted by Crippen LogP contribution is -2.45. The Labute approximate surface area is 175 Å². The SMILES string of the molecule is CN=C(NCCCc1cccc(OC)c1)NC1CCN(CC(F)(F)F)C1.I. The van der Waals surface area contributed by atoms with Gasteiger partial charge < -0.3 is 15.4 Å². The van der Waals surface area contributed by atoms with E-state index >= 15 is 0 Å². The maximum Gasteiger partial charge on any atom is 0.401 e. The van der Waals surface area contributed by atoms with Crippen LogP contribution < -0.4 is 15.4 Å². The van der Waals surface area contributed by atoms with Crippen molar-refractivity contribution in [2.24, 2.45) is 4.99 Å². The highest BCUT2D eigenvalue weighted by Gasteiger charge is 2.34. The predicted octanol–water partition coefficient (Wildman–Crippen LogP) is 3.05. The van der Waals surface area contributed by atoms with Gasteiger partial charge in [-0.25, -0.2) is 0 Å². The topological polar surface area (TPSA) is 48.9 Å². The molecule has 1 fully saturated rings. The van der Waals surface area contributed by atoms with Crippen LogP contribution in [-0.2, 0) is 6.42 Å². The molecular formula is C18H28F3IN4O. The molecule has 1 aromatic rings. The van der Waals surface area contributed by atoms with Gasteiger partial charge in [-0.15, -0.1) is 24.0 Å². The fourth-order valence-corrected chi connectivity index (χ4v) is 3.06. The summed E-state index contributed by atoms with van der Waals surface area (Å²) in [5.74, 6) is 1.48. The zero-order valence-electron chi connectivity index (χ0n) is 15.7. The highest BCUT2D eigenvalue weighted by molar-refractivity contribution is 14.0. The number of ether oxygens (including phenoxy) is 1. The summed E-state index contributed by atoms with van der Waals surface area (Å²) < 4.78 is 42.6. The quantitative estimate of drug-likeness (QED) is 0.262. The van der Waals surface area contributed by atoms with Crippen LogP contribution in [0.3, 0.4) is 0 Å². The Balaban J connectivity index is 0.00000364. The van der Waals surface area contributed by atoms with Gasteiger partial charge in [-0.05, 0) is 37.0 Å². The number of likely N-dealkylation sites (tertiary alicyclic amines) is 1. The first-order valence-corrected chi connectivity index (χ1v) is 8.79. The van der Waals surface area contributed by atoms with Crippen molar-refractivity contribution in [1.82, 2.24) is 15.5 Å². The molecule has 1 unspecified atom stereocenters. The number of halogens is 4. The molecule has 1 saturated heterocycles. The smallest absolute Gasteiger partial charge is 0.401 e. The molecule has 1 heterocycles. The van der Waals surface area contributed by atoms with Gasteiger partial charge >= 0.3 is 6.18 Å². The summed E-state index contributed by atoms with van der Waals surface area (Å²) in [5, 5.41) is 6.43. The van der Waals surface area contributed by atoms with E-state index in [-0.39, 0.29) is 30.0 Å². The van der Waals surface area contributed by atoms with E-state index in [0.29, 0.717) is 25.5 Å². The third kappa shape index (κ3) is 9.00. The van der Waals surface area contributed by atoms with Gasteiger partial charge in [-0.1, -0.05) is 12.1 Å². The fraction of sp³-hybridized carbons (Fsp3) is 0.611. The van der Waals surface area contributed by atoms with Crippen molar-refractivity contribution in [3.05, 3.63) is 29.8 Å². The van der Waals surface area contributed by atoms with Gasteiger partial charge in [0.15, 0.2) is 5.96 Å². The Morgan fingerprint density at radius 1 is 1.37 bits per heavy atom. The van der Waals surface area contributed by atoms with Gasteiger partial charge in [-0.2, -0.15) is 13.2 Å². The number of rotatable bonds is 7. The maximum absolute atomic E-state index is 12.5. The molecule has 1 atom stereocenters. The summed E-state index contributed by atoms with van der Waals surface area (Å²) in [6.07, 6.45) is -1.64. The van der Waals surface area contributed by atoms with Crippen LogP contribution in [0.2, 0.25) is 0 Å². The van der Waals surface area contributed by atoms with Gasteiger partial charge in [0.25, 0.3) is 0 Å². The molecule has 0 aromatic heterocycles. The fourth-order valence-electron chi connectivity index (χ4n) is 3.06. The van der Waals surface area contributed by atoms with Gasteiger partial charge in [0.2, 0.25) is 0 Å². The van der Waals surface area contributed by atoms with Crippen molar-refractivity contribution < 1.29 is 17.9 Å². The molecule has 9 heteroatoms. The van der Waals surface area contributed by atoms with E-state index in [1.54, 1.807) is 14.2 Å². The van der Waals surface area contributed by atoms with E-state index in [9.17, 15) is 13.2 Å². The van der Waals surface area contributed by atoms with Crippen LogP contribution in [0.4, 0.5) is 13.2 Å². The third-order valence-corrected chi connectivity index (χ3v) is 4.31. The second-order valence-corrected chi connectivity index (χ2v) is 6.43. The van der Waals surface area contributed by atoms with Gasteiger partial charge in [0, 0.05) is 32.7 Å². The summed E-state index contributed by atoms with van der Waals surface area (Å²) in [7, 11) is 3.31. The second-order valence-electron chi connectivity index (χ2n) is 6.43. The highest BCUT2D eigenvalue weighted by Crippen LogP contribution is 2.20. The molecule has 1 aliphatic rings. The molecule has 0 saturated carbocycles. The molecule has 0 bridgehead atoms. The minimum atomic E-state index is -4.14. The Hall–Kier alpha value is -1.23. The minimum absolute atomic E-state index is 0. The number of nitrogens with one attached hydrogen (secondary N) is 2. The Kier molecular flexibility index (Phi) is 10.2. The third-order valence-electron chi connectivity index (χ3n) is 4.31. The first kappa shape index (κ1) is 23.8. The molecular weight excluding hydrogens is 472 g/mol. The maximum atomic E-state index is 12.5. The average Bonchev–Trinajstić information content (AvgIpc) is 3.02. The molecule has 5 nitrogen and oxygen atoms in total. The monoisotopic (exact) mass is 500 g/mol. The molecule has 27 heavy (non-hydrogen) atoms. The van der Waals surface area contributed by atoms with E-state index in [4.69, 9.17) is 4.74 Å². The van der Waals surface area contributed by atoms with Crippen LogP contribution in [0.5, 0.6) is 5.75 Å². The molecule has 1 aliphatic heterocycles. The first-order valence-electron chi connectivity index (χ1n) is 8.79. The molecule has 154 valence electrons. The average molecular weight is 500 g/mol. The summed E-state index contributed by atoms with van der Waals surface area (Å²) in [6, 6.07) is 7.94. The van der Waals surface area contributed by atoms with Crippen LogP contribution in [0.1, 0.15) is 18.4 Å². The Bertz CT molecular complexity index is 598. The minimum Gasteiger partial charge on any atom is -0.497 e. The lowest BCUT2D eigenvalue weighted by molar-refractivity contribution is -0.143. The van der Waals surface area contributed by atoms with Crippen LogP contribution >= 0.6 is 24.0 Å². The van der Waals surface area contributed by atoms with Crippen molar-refractivity contribution in [2.75, 3.05) is 40.3 Å². The molecule has 1 aromatic carbocycles. The van der Waals surface area contributed by atoms with Gasteiger partial charge in [0.1, 0.15) is 5.75 Å². The highest BCUT2D eigenvalue weighted by atomic mass is 127. The van der Waals surface area contributed by atoms with Crippen LogP contribution in [0.25, 0.3) is 0 Å². The Morgan fingerprint density at radius 2 is 2.15 bits per heavy atom. The number of aliphatic imine (C=N–C) groups is 1. The molecule has 0 radical (unpaired) electrons. The number of hydrogen-bond acceptors (Lipinski definition) is 3. The molecule has 0 spiro atoms. The number of nitrogens with zero attached hydrogens (tertiary/aromatic N) is 2. The van der Waals surface area contributed by atoms with Crippen molar-refractivity contribution in [3.8, 4) is 5.75 Å². The van der Waals surface area contributed by atoms with Crippen molar-refractivity contribution in [2.45, 2.75) is 31.5 Å². The second kappa shape index (κ2) is 11.6.